The van der Waals surface area contributed by atoms with Crippen LogP contribution < -0.4 is 5.32 Å². The van der Waals surface area contributed by atoms with Crippen molar-refractivity contribution in [2.75, 3.05) is 39.3 Å². The van der Waals surface area contributed by atoms with Crippen LogP contribution in [0.15, 0.2) is 4.52 Å². The van der Waals surface area contributed by atoms with E-state index in [1.54, 1.807) is 0 Å². The number of hydrogen-bond acceptors (Lipinski definition) is 6. The molecule has 0 spiro atoms. The maximum Gasteiger partial charge on any atom is 0.226 e. The summed E-state index contributed by atoms with van der Waals surface area (Å²) >= 11 is 0. The molecule has 1 N–H and O–H groups in total. The van der Waals surface area contributed by atoms with Crippen molar-refractivity contribution < 1.29 is 4.52 Å². The summed E-state index contributed by atoms with van der Waals surface area (Å²) in [5, 5.41) is 7.52. The average molecular weight is 316 g/mol. The summed E-state index contributed by atoms with van der Waals surface area (Å²) in [5.41, 5.74) is 0. The van der Waals surface area contributed by atoms with E-state index in [0.29, 0.717) is 0 Å². The van der Waals surface area contributed by atoms with Gasteiger partial charge < -0.3 is 9.84 Å². The Morgan fingerprint density at radius 3 is 2.76 bits per heavy atom. The lowest BCUT2D eigenvalue weighted by atomic mass is 10.2. The summed E-state index contributed by atoms with van der Waals surface area (Å²) in [7, 11) is 0. The molecule has 1 unspecified atom stereocenters. The molecule has 3 rings (SSSR count). The molecule has 0 radical (unpaired) electrons. The fourth-order valence-corrected chi connectivity index (χ4v) is 3.11. The molecule has 0 bridgehead atoms. The van der Waals surface area contributed by atoms with Gasteiger partial charge in [-0.05, 0) is 19.4 Å². The van der Waals surface area contributed by atoms with Crippen molar-refractivity contribution in [2.24, 2.45) is 0 Å². The Morgan fingerprint density at radius 1 is 1.29 bits per heavy atom. The molecular formula is C14H26ClN5O. The Balaban J connectivity index is 0.00000161. The predicted molar refractivity (Wildman–Crippen MR) is 83.7 cm³/mol. The maximum atomic E-state index is 5.24. The van der Waals surface area contributed by atoms with Gasteiger partial charge in [-0.1, -0.05) is 12.1 Å². The van der Waals surface area contributed by atoms with Crippen molar-refractivity contribution in [2.45, 2.75) is 38.8 Å². The summed E-state index contributed by atoms with van der Waals surface area (Å²) < 4.78 is 5.24. The second kappa shape index (κ2) is 8.08. The number of halogens is 1. The van der Waals surface area contributed by atoms with Crippen molar-refractivity contribution in [1.82, 2.24) is 25.3 Å². The van der Waals surface area contributed by atoms with Gasteiger partial charge in [0.15, 0.2) is 5.82 Å². The average Bonchev–Trinajstić information content (AvgIpc) is 3.12. The van der Waals surface area contributed by atoms with E-state index in [1.165, 1.54) is 13.0 Å². The largest absolute Gasteiger partial charge is 0.339 e. The highest BCUT2D eigenvalue weighted by molar-refractivity contribution is 5.85. The highest BCUT2D eigenvalue weighted by Gasteiger charge is 2.26. The van der Waals surface area contributed by atoms with Crippen molar-refractivity contribution in [3.8, 4) is 0 Å². The second-order valence-corrected chi connectivity index (χ2v) is 5.81. The molecule has 6 nitrogen and oxygen atoms in total. The summed E-state index contributed by atoms with van der Waals surface area (Å²) in [5.74, 6) is 1.61. The minimum atomic E-state index is 0. The van der Waals surface area contributed by atoms with Crippen molar-refractivity contribution >= 4 is 12.4 Å². The zero-order valence-corrected chi connectivity index (χ0v) is 13.6. The lowest BCUT2D eigenvalue weighted by Crippen LogP contribution is -2.50. The molecule has 0 amide bonds. The quantitative estimate of drug-likeness (QED) is 0.872. The standard InChI is InChI=1S/C14H25N5O.ClH/c1-2-3-14-16-13(17-20-14)11-18-6-8-19(9-7-18)12-4-5-15-10-12;/h12,15H,2-11H2,1H3;1H. The van der Waals surface area contributed by atoms with Crippen LogP contribution in [-0.2, 0) is 13.0 Å². The van der Waals surface area contributed by atoms with Gasteiger partial charge in [0.25, 0.3) is 0 Å². The molecule has 0 aromatic carbocycles. The number of hydrogen-bond donors (Lipinski definition) is 1. The van der Waals surface area contributed by atoms with E-state index < -0.39 is 0 Å². The molecule has 3 heterocycles. The first-order valence-corrected chi connectivity index (χ1v) is 7.83. The number of nitrogens with one attached hydrogen (secondary N) is 1. The van der Waals surface area contributed by atoms with Gasteiger partial charge in [-0.15, -0.1) is 12.4 Å². The molecule has 1 aromatic heterocycles. The van der Waals surface area contributed by atoms with Gasteiger partial charge in [-0.3, -0.25) is 9.80 Å². The van der Waals surface area contributed by atoms with Crippen LogP contribution in [0.4, 0.5) is 0 Å². The summed E-state index contributed by atoms with van der Waals surface area (Å²) in [6.45, 7) is 9.81. The fraction of sp³-hybridized carbons (Fsp3) is 0.857. The molecule has 2 aliphatic rings. The van der Waals surface area contributed by atoms with E-state index in [9.17, 15) is 0 Å². The van der Waals surface area contributed by atoms with Crippen LogP contribution in [0.3, 0.4) is 0 Å². The molecule has 0 aliphatic carbocycles. The molecule has 2 saturated heterocycles. The van der Waals surface area contributed by atoms with Crippen LogP contribution in [0.1, 0.15) is 31.5 Å². The van der Waals surface area contributed by atoms with Crippen LogP contribution in [-0.4, -0.2) is 65.3 Å². The second-order valence-electron chi connectivity index (χ2n) is 5.81. The fourth-order valence-electron chi connectivity index (χ4n) is 3.11. The van der Waals surface area contributed by atoms with E-state index in [2.05, 4.69) is 32.2 Å². The van der Waals surface area contributed by atoms with Crippen LogP contribution in [0.2, 0.25) is 0 Å². The van der Waals surface area contributed by atoms with Gasteiger partial charge >= 0.3 is 0 Å². The SMILES string of the molecule is CCCc1nc(CN2CCN(C3CCNC3)CC2)no1.Cl. The molecule has 120 valence electrons. The van der Waals surface area contributed by atoms with Crippen LogP contribution in [0.5, 0.6) is 0 Å². The van der Waals surface area contributed by atoms with E-state index in [4.69, 9.17) is 4.52 Å². The number of nitrogens with zero attached hydrogens (tertiary/aromatic N) is 4. The molecule has 2 fully saturated rings. The highest BCUT2D eigenvalue weighted by atomic mass is 35.5. The summed E-state index contributed by atoms with van der Waals surface area (Å²) in [6.07, 6.45) is 3.23. The zero-order chi connectivity index (χ0) is 13.8. The van der Waals surface area contributed by atoms with Crippen molar-refractivity contribution in [1.29, 1.82) is 0 Å². The van der Waals surface area contributed by atoms with Crippen LogP contribution >= 0.6 is 12.4 Å². The van der Waals surface area contributed by atoms with Crippen LogP contribution in [0, 0.1) is 0 Å². The number of aryl methyl sites for hydroxylation is 1. The van der Waals surface area contributed by atoms with Crippen molar-refractivity contribution in [3.05, 3.63) is 11.7 Å². The first kappa shape index (κ1) is 16.7. The minimum Gasteiger partial charge on any atom is -0.339 e. The monoisotopic (exact) mass is 315 g/mol. The Labute approximate surface area is 132 Å². The van der Waals surface area contributed by atoms with Gasteiger partial charge in [0.2, 0.25) is 5.89 Å². The molecule has 21 heavy (non-hydrogen) atoms. The van der Waals surface area contributed by atoms with Gasteiger partial charge in [0.05, 0.1) is 6.54 Å². The lowest BCUT2D eigenvalue weighted by Gasteiger charge is -2.37. The van der Waals surface area contributed by atoms with Crippen molar-refractivity contribution in [3.63, 3.8) is 0 Å². The molecule has 2 aliphatic heterocycles. The lowest BCUT2D eigenvalue weighted by molar-refractivity contribution is 0.0959. The maximum absolute atomic E-state index is 5.24. The van der Waals surface area contributed by atoms with E-state index in [0.717, 1.165) is 69.9 Å². The minimum absolute atomic E-state index is 0. The van der Waals surface area contributed by atoms with Gasteiger partial charge in [0, 0.05) is 45.2 Å². The van der Waals surface area contributed by atoms with Gasteiger partial charge in [0.1, 0.15) is 0 Å². The number of aromatic nitrogens is 2. The molecular weight excluding hydrogens is 290 g/mol. The smallest absolute Gasteiger partial charge is 0.226 e. The Kier molecular flexibility index (Phi) is 6.41. The predicted octanol–water partition coefficient (Wildman–Crippen LogP) is 0.923. The van der Waals surface area contributed by atoms with E-state index >= 15 is 0 Å². The number of piperazine rings is 1. The third kappa shape index (κ3) is 4.39. The Morgan fingerprint density at radius 2 is 2.10 bits per heavy atom. The Hall–Kier alpha value is -0.690. The summed E-state index contributed by atoms with van der Waals surface area (Å²) in [4.78, 5) is 9.50. The molecule has 7 heteroatoms. The van der Waals surface area contributed by atoms with Crippen LogP contribution in [0.25, 0.3) is 0 Å². The Bertz CT molecular complexity index is 413. The van der Waals surface area contributed by atoms with E-state index in [-0.39, 0.29) is 12.4 Å². The molecule has 1 aromatic rings. The molecule has 0 saturated carbocycles. The first-order valence-electron chi connectivity index (χ1n) is 7.83. The normalized spacial score (nSPS) is 24.1. The zero-order valence-electron chi connectivity index (χ0n) is 12.8. The first-order chi connectivity index (χ1) is 9.85. The topological polar surface area (TPSA) is 57.4 Å². The highest BCUT2D eigenvalue weighted by Crippen LogP contribution is 2.13. The van der Waals surface area contributed by atoms with Gasteiger partial charge in [-0.2, -0.15) is 4.98 Å². The third-order valence-corrected chi connectivity index (χ3v) is 4.30. The third-order valence-electron chi connectivity index (χ3n) is 4.30. The number of rotatable bonds is 5. The molecule has 1 atom stereocenters. The summed E-state index contributed by atoms with van der Waals surface area (Å²) in [6, 6.07) is 0.749. The van der Waals surface area contributed by atoms with Gasteiger partial charge in [-0.25, -0.2) is 0 Å². The van der Waals surface area contributed by atoms with E-state index in [1.807, 2.05) is 0 Å².